The van der Waals surface area contributed by atoms with E-state index in [4.69, 9.17) is 0 Å². The van der Waals surface area contributed by atoms with Crippen LogP contribution >= 0.6 is 0 Å². The maximum atomic E-state index is 4.43. The summed E-state index contributed by atoms with van der Waals surface area (Å²) in [5, 5.41) is 12.6. The van der Waals surface area contributed by atoms with Gasteiger partial charge in [-0.2, -0.15) is 10.2 Å². The molecule has 0 spiro atoms. The molecule has 0 radical (unpaired) electrons. The quantitative estimate of drug-likeness (QED) is 0.805. The first-order valence-electron chi connectivity index (χ1n) is 6.93. The fourth-order valence-electron chi connectivity index (χ4n) is 2.11. The van der Waals surface area contributed by atoms with Crippen molar-refractivity contribution >= 4 is 0 Å². The maximum Gasteiger partial charge on any atom is 0.200 e. The van der Waals surface area contributed by atoms with Gasteiger partial charge >= 0.3 is 0 Å². The van der Waals surface area contributed by atoms with Gasteiger partial charge in [-0.1, -0.05) is 25.5 Å². The fraction of sp³-hybridized carbons (Fsp3) is 0.500. The van der Waals surface area contributed by atoms with Crippen molar-refractivity contribution in [3.05, 3.63) is 48.0 Å². The molecule has 20 heavy (non-hydrogen) atoms. The first-order valence-corrected chi connectivity index (χ1v) is 6.93. The number of aromatic nitrogens is 4. The van der Waals surface area contributed by atoms with Crippen LogP contribution in [0.3, 0.4) is 0 Å². The van der Waals surface area contributed by atoms with Crippen LogP contribution in [0, 0.1) is 0 Å². The number of nitrogens with zero attached hydrogens (tertiary/aromatic N) is 4. The van der Waals surface area contributed by atoms with Gasteiger partial charge in [-0.3, -0.25) is 0 Å². The lowest BCUT2D eigenvalue weighted by Crippen LogP contribution is -2.47. The molecule has 0 aliphatic heterocycles. The van der Waals surface area contributed by atoms with Crippen LogP contribution in [-0.2, 0) is 17.4 Å². The van der Waals surface area contributed by atoms with Crippen molar-refractivity contribution in [2.75, 3.05) is 0 Å². The van der Waals surface area contributed by atoms with Crippen molar-refractivity contribution in [3.8, 4) is 0 Å². The van der Waals surface area contributed by atoms with Gasteiger partial charge in [0.1, 0.15) is 0 Å². The molecule has 2 aromatic heterocycles. The van der Waals surface area contributed by atoms with Crippen LogP contribution in [0.15, 0.2) is 36.8 Å². The summed E-state index contributed by atoms with van der Waals surface area (Å²) in [6, 6.07) is 6.01. The predicted octanol–water partition coefficient (Wildman–Crippen LogP) is 2.43. The highest BCUT2D eigenvalue weighted by atomic mass is 15.3. The lowest BCUT2D eigenvalue weighted by Gasteiger charge is -2.20. The fourth-order valence-corrected chi connectivity index (χ4v) is 2.11. The van der Waals surface area contributed by atoms with Crippen molar-refractivity contribution in [2.45, 2.75) is 52.0 Å². The summed E-state index contributed by atoms with van der Waals surface area (Å²) in [7, 11) is 0. The Morgan fingerprint density at radius 1 is 1.05 bits per heavy atom. The second-order valence-electron chi connectivity index (χ2n) is 6.86. The summed E-state index contributed by atoms with van der Waals surface area (Å²) in [4.78, 5) is 0. The van der Waals surface area contributed by atoms with E-state index in [-0.39, 0.29) is 10.8 Å². The summed E-state index contributed by atoms with van der Waals surface area (Å²) in [6.45, 7) is 11.7. The molecular weight excluding hydrogens is 248 g/mol. The van der Waals surface area contributed by atoms with E-state index in [1.165, 1.54) is 5.56 Å². The standard InChI is InChI=1S/C16H23N4/c1-15(2,3)13-8-10-18-20(11-13)12-16(4,5)14-7-6-9-17-19-14/h6-11H,12H2,1-5H3/q+1. The van der Waals surface area contributed by atoms with Crippen molar-refractivity contribution < 1.29 is 4.68 Å². The van der Waals surface area contributed by atoms with Gasteiger partial charge in [0.15, 0.2) is 12.7 Å². The van der Waals surface area contributed by atoms with Gasteiger partial charge in [0.2, 0.25) is 0 Å². The van der Waals surface area contributed by atoms with Gasteiger partial charge in [0.05, 0.1) is 17.3 Å². The molecule has 0 amide bonds. The van der Waals surface area contributed by atoms with Gasteiger partial charge in [0.25, 0.3) is 0 Å². The van der Waals surface area contributed by atoms with E-state index in [0.29, 0.717) is 0 Å². The topological polar surface area (TPSA) is 42.5 Å². The summed E-state index contributed by atoms with van der Waals surface area (Å²) in [6.07, 6.45) is 5.69. The van der Waals surface area contributed by atoms with E-state index in [1.54, 1.807) is 6.20 Å². The Kier molecular flexibility index (Phi) is 3.84. The summed E-state index contributed by atoms with van der Waals surface area (Å²) < 4.78 is 2.00. The number of hydrogen-bond donors (Lipinski definition) is 0. The average molecular weight is 271 g/mol. The summed E-state index contributed by atoms with van der Waals surface area (Å²) >= 11 is 0. The largest absolute Gasteiger partial charge is 0.200 e. The molecule has 2 heterocycles. The van der Waals surface area contributed by atoms with Crippen molar-refractivity contribution in [2.24, 2.45) is 0 Å². The smallest absolute Gasteiger partial charge is 0.159 e. The second-order valence-corrected chi connectivity index (χ2v) is 6.86. The van der Waals surface area contributed by atoms with Gasteiger partial charge in [-0.15, -0.1) is 0 Å². The third-order valence-electron chi connectivity index (χ3n) is 3.45. The van der Waals surface area contributed by atoms with E-state index in [1.807, 2.05) is 23.0 Å². The zero-order valence-corrected chi connectivity index (χ0v) is 13.0. The Hall–Kier alpha value is -1.84. The zero-order valence-electron chi connectivity index (χ0n) is 13.0. The molecule has 0 unspecified atom stereocenters. The van der Waals surface area contributed by atoms with E-state index in [9.17, 15) is 0 Å². The van der Waals surface area contributed by atoms with Gasteiger partial charge in [-0.05, 0) is 42.6 Å². The van der Waals surface area contributed by atoms with Crippen molar-refractivity contribution in [3.63, 3.8) is 0 Å². The Labute approximate surface area is 120 Å². The molecule has 4 heteroatoms. The van der Waals surface area contributed by atoms with E-state index in [0.717, 1.165) is 12.2 Å². The third-order valence-corrected chi connectivity index (χ3v) is 3.45. The van der Waals surface area contributed by atoms with E-state index >= 15 is 0 Å². The molecule has 0 N–H and O–H groups in total. The molecule has 2 aromatic rings. The molecule has 0 fully saturated rings. The van der Waals surface area contributed by atoms with E-state index < -0.39 is 0 Å². The van der Waals surface area contributed by atoms with Gasteiger partial charge in [-0.25, -0.2) is 0 Å². The molecule has 0 atom stereocenters. The molecule has 0 aliphatic carbocycles. The first-order chi connectivity index (χ1) is 9.29. The molecular formula is C16H23N4+. The SMILES string of the molecule is CC(C)(C)c1ccn[n+](CC(C)(C)c2cccnn2)c1. The normalized spacial score (nSPS) is 12.4. The van der Waals surface area contributed by atoms with Crippen LogP contribution in [0.5, 0.6) is 0 Å². The first kappa shape index (κ1) is 14.6. The van der Waals surface area contributed by atoms with Crippen LogP contribution in [0.1, 0.15) is 45.9 Å². The van der Waals surface area contributed by atoms with Crippen LogP contribution in [0.2, 0.25) is 0 Å². The Morgan fingerprint density at radius 2 is 1.80 bits per heavy atom. The monoisotopic (exact) mass is 271 g/mol. The van der Waals surface area contributed by atoms with Crippen LogP contribution in [-0.4, -0.2) is 15.3 Å². The predicted molar refractivity (Wildman–Crippen MR) is 78.2 cm³/mol. The third kappa shape index (κ3) is 3.38. The average Bonchev–Trinajstić information content (AvgIpc) is 2.38. The highest BCUT2D eigenvalue weighted by Crippen LogP contribution is 2.22. The summed E-state index contributed by atoms with van der Waals surface area (Å²) in [5.41, 5.74) is 2.28. The van der Waals surface area contributed by atoms with Crippen molar-refractivity contribution in [1.82, 2.24) is 15.3 Å². The van der Waals surface area contributed by atoms with E-state index in [2.05, 4.69) is 62.2 Å². The molecule has 0 aliphatic rings. The van der Waals surface area contributed by atoms with Crippen LogP contribution < -0.4 is 4.68 Å². The summed E-state index contributed by atoms with van der Waals surface area (Å²) in [5.74, 6) is 0. The van der Waals surface area contributed by atoms with Gasteiger partial charge in [0, 0.05) is 11.8 Å². The minimum Gasteiger partial charge on any atom is -0.159 e. The van der Waals surface area contributed by atoms with Gasteiger partial charge < -0.3 is 0 Å². The minimum absolute atomic E-state index is 0.109. The zero-order chi connectivity index (χ0) is 14.8. The molecule has 106 valence electrons. The maximum absolute atomic E-state index is 4.43. The molecule has 4 nitrogen and oxygen atoms in total. The lowest BCUT2D eigenvalue weighted by molar-refractivity contribution is -0.760. The number of hydrogen-bond acceptors (Lipinski definition) is 3. The second kappa shape index (κ2) is 5.27. The Morgan fingerprint density at radius 3 is 2.40 bits per heavy atom. The minimum atomic E-state index is -0.109. The highest BCUT2D eigenvalue weighted by Gasteiger charge is 2.29. The molecule has 0 aromatic carbocycles. The number of rotatable bonds is 3. The lowest BCUT2D eigenvalue weighted by atomic mass is 9.87. The molecule has 0 bridgehead atoms. The molecule has 0 saturated carbocycles. The van der Waals surface area contributed by atoms with Crippen LogP contribution in [0.4, 0.5) is 0 Å². The Bertz CT molecular complexity index is 571. The van der Waals surface area contributed by atoms with Crippen LogP contribution in [0.25, 0.3) is 0 Å². The Balaban J connectivity index is 2.26. The van der Waals surface area contributed by atoms with Crippen molar-refractivity contribution in [1.29, 1.82) is 0 Å². The molecule has 0 saturated heterocycles. The molecule has 2 rings (SSSR count). The highest BCUT2D eigenvalue weighted by molar-refractivity contribution is 5.14.